The molecule has 2 heterocycles. The first-order valence-electron chi connectivity index (χ1n) is 9.25. The van der Waals surface area contributed by atoms with Crippen LogP contribution in [0, 0.1) is 10.1 Å². The zero-order valence-electron chi connectivity index (χ0n) is 16.5. The van der Waals surface area contributed by atoms with E-state index in [1.54, 1.807) is 27.8 Å². The van der Waals surface area contributed by atoms with Crippen molar-refractivity contribution in [3.63, 3.8) is 0 Å². The SMILES string of the molecule is CN(C)CCn1nnnc1SCC(=O)N1CCN(c2ccccc2[N+](=O)[O-])CC1. The lowest BCUT2D eigenvalue weighted by molar-refractivity contribution is -0.384. The number of tetrazole rings is 1. The quantitative estimate of drug-likeness (QED) is 0.344. The van der Waals surface area contributed by atoms with Crippen molar-refractivity contribution < 1.29 is 9.72 Å². The Labute approximate surface area is 172 Å². The van der Waals surface area contributed by atoms with Gasteiger partial charge in [-0.05, 0) is 30.6 Å². The molecule has 0 N–H and O–H groups in total. The summed E-state index contributed by atoms with van der Waals surface area (Å²) in [6.45, 7) is 3.63. The molecule has 0 spiro atoms. The van der Waals surface area contributed by atoms with Gasteiger partial charge in [-0.1, -0.05) is 23.9 Å². The standard InChI is InChI=1S/C17H24N8O3S/c1-21(2)7-12-24-17(18-19-20-24)29-13-16(26)23-10-8-22(9-11-23)14-5-3-4-6-15(14)25(27)28/h3-6H,7-13H2,1-2H3. The van der Waals surface area contributed by atoms with Crippen molar-refractivity contribution in [2.45, 2.75) is 11.7 Å². The predicted octanol–water partition coefficient (Wildman–Crippen LogP) is 0.584. The van der Waals surface area contributed by atoms with Crippen molar-refractivity contribution in [1.82, 2.24) is 30.0 Å². The molecular formula is C17H24N8O3S. The Morgan fingerprint density at radius 2 is 1.97 bits per heavy atom. The molecule has 0 atom stereocenters. The molecule has 1 saturated heterocycles. The molecule has 3 rings (SSSR count). The highest BCUT2D eigenvalue weighted by atomic mass is 32.2. The minimum atomic E-state index is -0.371. The van der Waals surface area contributed by atoms with Crippen LogP contribution in [0.25, 0.3) is 0 Å². The van der Waals surface area contributed by atoms with E-state index in [4.69, 9.17) is 0 Å². The zero-order chi connectivity index (χ0) is 20.8. The summed E-state index contributed by atoms with van der Waals surface area (Å²) in [5.41, 5.74) is 0.687. The molecule has 12 heteroatoms. The normalized spacial score (nSPS) is 14.4. The van der Waals surface area contributed by atoms with Crippen LogP contribution in [-0.4, -0.2) is 93.4 Å². The molecule has 156 valence electrons. The van der Waals surface area contributed by atoms with E-state index in [1.165, 1.54) is 17.8 Å². The lowest BCUT2D eigenvalue weighted by atomic mass is 10.2. The van der Waals surface area contributed by atoms with Gasteiger partial charge in [0, 0.05) is 38.8 Å². The number of rotatable bonds is 8. The van der Waals surface area contributed by atoms with Crippen LogP contribution in [0.5, 0.6) is 0 Å². The highest BCUT2D eigenvalue weighted by Gasteiger charge is 2.25. The molecule has 1 aromatic heterocycles. The monoisotopic (exact) mass is 420 g/mol. The number of amides is 1. The topological polar surface area (TPSA) is 114 Å². The molecule has 0 aliphatic carbocycles. The Kier molecular flexibility index (Phi) is 6.99. The van der Waals surface area contributed by atoms with Crippen molar-refractivity contribution in [3.8, 4) is 0 Å². The molecule has 1 aliphatic heterocycles. The summed E-state index contributed by atoms with van der Waals surface area (Å²) in [5.74, 6) is 0.271. The second-order valence-corrected chi connectivity index (χ2v) is 7.83. The number of carbonyl (C=O) groups is 1. The van der Waals surface area contributed by atoms with Gasteiger partial charge in [0.1, 0.15) is 5.69 Å². The molecular weight excluding hydrogens is 396 g/mol. The number of aromatic nitrogens is 4. The number of anilines is 1. The largest absolute Gasteiger partial charge is 0.362 e. The Morgan fingerprint density at radius 3 is 2.66 bits per heavy atom. The zero-order valence-corrected chi connectivity index (χ0v) is 17.3. The first kappa shape index (κ1) is 21.0. The van der Waals surface area contributed by atoms with Crippen LogP contribution < -0.4 is 4.90 Å². The van der Waals surface area contributed by atoms with Gasteiger partial charge in [0.05, 0.1) is 17.2 Å². The van der Waals surface area contributed by atoms with Crippen LogP contribution in [-0.2, 0) is 11.3 Å². The second-order valence-electron chi connectivity index (χ2n) is 6.89. The van der Waals surface area contributed by atoms with E-state index < -0.39 is 0 Å². The van der Waals surface area contributed by atoms with E-state index in [1.807, 2.05) is 23.9 Å². The molecule has 29 heavy (non-hydrogen) atoms. The molecule has 1 aliphatic rings. The van der Waals surface area contributed by atoms with Crippen LogP contribution in [0.2, 0.25) is 0 Å². The number of nitro groups is 1. The first-order chi connectivity index (χ1) is 14.0. The third kappa shape index (κ3) is 5.41. The maximum Gasteiger partial charge on any atom is 0.292 e. The Balaban J connectivity index is 1.51. The minimum Gasteiger partial charge on any atom is -0.362 e. The molecule has 0 unspecified atom stereocenters. The van der Waals surface area contributed by atoms with Gasteiger partial charge in [0.25, 0.3) is 5.69 Å². The number of benzene rings is 1. The summed E-state index contributed by atoms with van der Waals surface area (Å²) in [4.78, 5) is 29.2. The number of carbonyl (C=O) groups excluding carboxylic acids is 1. The summed E-state index contributed by atoms with van der Waals surface area (Å²) in [5, 5.41) is 23.5. The van der Waals surface area contributed by atoms with Crippen LogP contribution in [0.4, 0.5) is 11.4 Å². The van der Waals surface area contributed by atoms with E-state index in [2.05, 4.69) is 15.5 Å². The van der Waals surface area contributed by atoms with Gasteiger partial charge >= 0.3 is 0 Å². The summed E-state index contributed by atoms with van der Waals surface area (Å²) >= 11 is 1.32. The fraction of sp³-hybridized carbons (Fsp3) is 0.529. The van der Waals surface area contributed by atoms with Crippen molar-refractivity contribution in [1.29, 1.82) is 0 Å². The number of para-hydroxylation sites is 2. The van der Waals surface area contributed by atoms with Crippen molar-refractivity contribution in [3.05, 3.63) is 34.4 Å². The van der Waals surface area contributed by atoms with E-state index in [-0.39, 0.29) is 22.3 Å². The molecule has 0 saturated carbocycles. The number of hydrogen-bond donors (Lipinski definition) is 0. The summed E-state index contributed by atoms with van der Waals surface area (Å²) in [7, 11) is 3.95. The van der Waals surface area contributed by atoms with E-state index in [9.17, 15) is 14.9 Å². The predicted molar refractivity (Wildman–Crippen MR) is 109 cm³/mol. The number of hydrogen-bond acceptors (Lipinski definition) is 9. The van der Waals surface area contributed by atoms with Gasteiger partial charge in [-0.3, -0.25) is 14.9 Å². The number of thioether (sulfide) groups is 1. The second kappa shape index (κ2) is 9.65. The molecule has 0 bridgehead atoms. The maximum atomic E-state index is 12.6. The van der Waals surface area contributed by atoms with Crippen molar-refractivity contribution in [2.24, 2.45) is 0 Å². The van der Waals surface area contributed by atoms with Gasteiger partial charge in [0.2, 0.25) is 11.1 Å². The molecule has 0 radical (unpaired) electrons. The van der Waals surface area contributed by atoms with E-state index in [0.29, 0.717) is 43.6 Å². The van der Waals surface area contributed by atoms with Crippen LogP contribution in [0.15, 0.2) is 29.4 Å². The molecule has 1 fully saturated rings. The smallest absolute Gasteiger partial charge is 0.292 e. The summed E-state index contributed by atoms with van der Waals surface area (Å²) < 4.78 is 1.70. The average molecular weight is 420 g/mol. The molecule has 1 amide bonds. The number of likely N-dealkylation sites (N-methyl/N-ethyl adjacent to an activating group) is 1. The van der Waals surface area contributed by atoms with Gasteiger partial charge < -0.3 is 14.7 Å². The third-order valence-electron chi connectivity index (χ3n) is 4.63. The Morgan fingerprint density at radius 1 is 1.24 bits per heavy atom. The number of nitrogens with zero attached hydrogens (tertiary/aromatic N) is 8. The Hall–Kier alpha value is -2.73. The minimum absolute atomic E-state index is 0.0133. The van der Waals surface area contributed by atoms with Gasteiger partial charge in [0.15, 0.2) is 0 Å². The molecule has 11 nitrogen and oxygen atoms in total. The number of piperazine rings is 1. The highest BCUT2D eigenvalue weighted by molar-refractivity contribution is 7.99. The van der Waals surface area contributed by atoms with E-state index >= 15 is 0 Å². The van der Waals surface area contributed by atoms with Crippen molar-refractivity contribution >= 4 is 29.0 Å². The van der Waals surface area contributed by atoms with Crippen molar-refractivity contribution in [2.75, 3.05) is 57.5 Å². The van der Waals surface area contributed by atoms with Crippen LogP contribution in [0.1, 0.15) is 0 Å². The van der Waals surface area contributed by atoms with E-state index in [0.717, 1.165) is 6.54 Å². The fourth-order valence-electron chi connectivity index (χ4n) is 3.04. The highest BCUT2D eigenvalue weighted by Crippen LogP contribution is 2.28. The first-order valence-corrected chi connectivity index (χ1v) is 10.2. The lowest BCUT2D eigenvalue weighted by Crippen LogP contribution is -2.49. The van der Waals surface area contributed by atoms with Gasteiger partial charge in [-0.25, -0.2) is 4.68 Å². The van der Waals surface area contributed by atoms with Crippen LogP contribution >= 0.6 is 11.8 Å². The Bertz CT molecular complexity index is 851. The lowest BCUT2D eigenvalue weighted by Gasteiger charge is -2.35. The fourth-order valence-corrected chi connectivity index (χ4v) is 3.84. The van der Waals surface area contributed by atoms with Crippen LogP contribution in [0.3, 0.4) is 0 Å². The molecule has 2 aromatic rings. The third-order valence-corrected chi connectivity index (χ3v) is 5.58. The average Bonchev–Trinajstić information content (AvgIpc) is 3.18. The summed E-state index contributed by atoms with van der Waals surface area (Å²) in [6, 6.07) is 6.70. The number of nitro benzene ring substituents is 1. The van der Waals surface area contributed by atoms with Gasteiger partial charge in [-0.15, -0.1) is 5.10 Å². The summed E-state index contributed by atoms with van der Waals surface area (Å²) in [6.07, 6.45) is 0. The van der Waals surface area contributed by atoms with Gasteiger partial charge in [-0.2, -0.15) is 0 Å². The molecule has 1 aromatic carbocycles. The maximum absolute atomic E-state index is 12.6.